The molecule has 1 saturated heterocycles. The Balaban J connectivity index is 2.42. The molecule has 0 unspecified atom stereocenters. The number of unbranched alkanes of at least 4 members (excludes halogenated alkanes) is 1. The van der Waals surface area contributed by atoms with Crippen molar-refractivity contribution < 1.29 is 13.6 Å². The lowest BCUT2D eigenvalue weighted by Gasteiger charge is -2.33. The van der Waals surface area contributed by atoms with Gasteiger partial charge in [-0.2, -0.15) is 0 Å². The summed E-state index contributed by atoms with van der Waals surface area (Å²) in [4.78, 5) is 0. The van der Waals surface area contributed by atoms with E-state index in [0.29, 0.717) is 19.4 Å². The van der Waals surface area contributed by atoms with Crippen molar-refractivity contribution in [1.82, 2.24) is 0 Å². The van der Waals surface area contributed by atoms with Gasteiger partial charge in [0.15, 0.2) is 0 Å². The van der Waals surface area contributed by atoms with Crippen LogP contribution in [0.5, 0.6) is 0 Å². The molecule has 4 heteroatoms. The van der Waals surface area contributed by atoms with Crippen LogP contribution in [0, 0.1) is 5.41 Å². The van der Waals surface area contributed by atoms with E-state index in [4.69, 9.17) is 9.05 Å². The van der Waals surface area contributed by atoms with Gasteiger partial charge in [-0.3, -0.25) is 4.57 Å². The van der Waals surface area contributed by atoms with E-state index in [0.717, 1.165) is 12.8 Å². The normalized spacial score (nSPS) is 25.8. The second-order valence-corrected chi connectivity index (χ2v) is 6.58. The molecule has 0 atom stereocenters. The SMILES string of the molecule is CCCCP1(=O)OCC(C)(C)CO1. The molecule has 1 aliphatic rings. The number of hydrogen-bond donors (Lipinski definition) is 0. The molecule has 0 spiro atoms. The Hall–Kier alpha value is 0.150. The van der Waals surface area contributed by atoms with Crippen molar-refractivity contribution >= 4 is 7.60 Å². The average molecular weight is 206 g/mol. The van der Waals surface area contributed by atoms with Crippen LogP contribution in [0.4, 0.5) is 0 Å². The van der Waals surface area contributed by atoms with Crippen LogP contribution in [0.15, 0.2) is 0 Å². The lowest BCUT2D eigenvalue weighted by molar-refractivity contribution is 0.0414. The van der Waals surface area contributed by atoms with Gasteiger partial charge in [0, 0.05) is 5.41 Å². The van der Waals surface area contributed by atoms with E-state index in [1.54, 1.807) is 0 Å². The molecular formula is C9H19O3P. The fourth-order valence-corrected chi connectivity index (χ4v) is 3.23. The maximum atomic E-state index is 11.8. The van der Waals surface area contributed by atoms with E-state index < -0.39 is 7.60 Å². The Bertz CT molecular complexity index is 199. The van der Waals surface area contributed by atoms with E-state index in [9.17, 15) is 4.57 Å². The maximum Gasteiger partial charge on any atom is 0.330 e. The third-order valence-electron chi connectivity index (χ3n) is 2.09. The van der Waals surface area contributed by atoms with Crippen LogP contribution in [-0.2, 0) is 13.6 Å². The van der Waals surface area contributed by atoms with Crippen LogP contribution in [-0.4, -0.2) is 19.4 Å². The van der Waals surface area contributed by atoms with E-state index >= 15 is 0 Å². The molecule has 78 valence electrons. The van der Waals surface area contributed by atoms with E-state index in [1.165, 1.54) is 0 Å². The third-order valence-corrected chi connectivity index (χ3v) is 4.00. The van der Waals surface area contributed by atoms with Gasteiger partial charge in [-0.05, 0) is 6.42 Å². The topological polar surface area (TPSA) is 35.5 Å². The number of rotatable bonds is 3. The first kappa shape index (κ1) is 11.2. The van der Waals surface area contributed by atoms with Crippen molar-refractivity contribution in [1.29, 1.82) is 0 Å². The van der Waals surface area contributed by atoms with Gasteiger partial charge in [0.1, 0.15) is 0 Å². The Labute approximate surface area is 80.3 Å². The molecule has 1 heterocycles. The first-order valence-corrected chi connectivity index (χ1v) is 6.58. The van der Waals surface area contributed by atoms with Crippen molar-refractivity contribution in [3.05, 3.63) is 0 Å². The highest BCUT2D eigenvalue weighted by Crippen LogP contribution is 2.53. The van der Waals surface area contributed by atoms with Crippen molar-refractivity contribution in [3.63, 3.8) is 0 Å². The smallest absolute Gasteiger partial charge is 0.308 e. The highest BCUT2D eigenvalue weighted by molar-refractivity contribution is 7.53. The van der Waals surface area contributed by atoms with Crippen LogP contribution >= 0.6 is 7.60 Å². The lowest BCUT2D eigenvalue weighted by atomic mass is 9.97. The highest BCUT2D eigenvalue weighted by Gasteiger charge is 2.35. The summed E-state index contributed by atoms with van der Waals surface area (Å²) in [5.74, 6) is 0. The summed E-state index contributed by atoms with van der Waals surface area (Å²) in [7, 11) is -2.71. The molecule has 0 N–H and O–H groups in total. The van der Waals surface area contributed by atoms with E-state index in [1.807, 2.05) is 0 Å². The first-order valence-electron chi connectivity index (χ1n) is 4.86. The van der Waals surface area contributed by atoms with Gasteiger partial charge >= 0.3 is 7.60 Å². The molecule has 0 saturated carbocycles. The van der Waals surface area contributed by atoms with Gasteiger partial charge in [0.2, 0.25) is 0 Å². The van der Waals surface area contributed by atoms with Crippen LogP contribution in [0.1, 0.15) is 33.6 Å². The van der Waals surface area contributed by atoms with E-state index in [-0.39, 0.29) is 5.41 Å². The summed E-state index contributed by atoms with van der Waals surface area (Å²) in [6, 6.07) is 0. The fraction of sp³-hybridized carbons (Fsp3) is 1.00. The predicted octanol–water partition coefficient (Wildman–Crippen LogP) is 3.05. The molecule has 1 aliphatic heterocycles. The summed E-state index contributed by atoms with van der Waals surface area (Å²) in [5.41, 5.74) is 0.0140. The summed E-state index contributed by atoms with van der Waals surface area (Å²) in [5, 5.41) is 0. The Morgan fingerprint density at radius 3 is 2.31 bits per heavy atom. The molecule has 0 aromatic carbocycles. The largest absolute Gasteiger partial charge is 0.330 e. The van der Waals surface area contributed by atoms with Crippen LogP contribution in [0.3, 0.4) is 0 Å². The van der Waals surface area contributed by atoms with Crippen LogP contribution in [0.25, 0.3) is 0 Å². The molecule has 0 amide bonds. The molecule has 1 rings (SSSR count). The quantitative estimate of drug-likeness (QED) is 0.666. The Kier molecular flexibility index (Phi) is 3.56. The lowest BCUT2D eigenvalue weighted by Crippen LogP contribution is -2.29. The van der Waals surface area contributed by atoms with Gasteiger partial charge < -0.3 is 9.05 Å². The zero-order chi connectivity index (χ0) is 9.95. The molecule has 0 aromatic rings. The van der Waals surface area contributed by atoms with Gasteiger partial charge in [-0.15, -0.1) is 0 Å². The summed E-state index contributed by atoms with van der Waals surface area (Å²) >= 11 is 0. The van der Waals surface area contributed by atoms with Crippen molar-refractivity contribution in [3.8, 4) is 0 Å². The van der Waals surface area contributed by atoms with E-state index in [2.05, 4.69) is 20.8 Å². The highest BCUT2D eigenvalue weighted by atomic mass is 31.2. The molecule has 0 aliphatic carbocycles. The predicted molar refractivity (Wildman–Crippen MR) is 53.1 cm³/mol. The van der Waals surface area contributed by atoms with Crippen LogP contribution in [0.2, 0.25) is 0 Å². The fourth-order valence-electron chi connectivity index (χ4n) is 1.11. The molecule has 0 bridgehead atoms. The minimum atomic E-state index is -2.71. The summed E-state index contributed by atoms with van der Waals surface area (Å²) < 4.78 is 22.5. The molecule has 0 aromatic heterocycles. The molecule has 1 fully saturated rings. The standard InChI is InChI=1S/C9H19O3P/c1-4-5-6-13(10)11-7-9(2,3)8-12-13/h4-8H2,1-3H3. The third kappa shape index (κ3) is 3.41. The minimum Gasteiger partial charge on any atom is -0.308 e. The molecular weight excluding hydrogens is 187 g/mol. The van der Waals surface area contributed by atoms with Gasteiger partial charge in [0.25, 0.3) is 0 Å². The Morgan fingerprint density at radius 1 is 1.31 bits per heavy atom. The van der Waals surface area contributed by atoms with Gasteiger partial charge in [-0.25, -0.2) is 0 Å². The zero-order valence-electron chi connectivity index (χ0n) is 8.71. The van der Waals surface area contributed by atoms with Crippen molar-refractivity contribution in [2.75, 3.05) is 19.4 Å². The van der Waals surface area contributed by atoms with Crippen molar-refractivity contribution in [2.24, 2.45) is 5.41 Å². The molecule has 3 nitrogen and oxygen atoms in total. The molecule has 0 radical (unpaired) electrons. The zero-order valence-corrected chi connectivity index (χ0v) is 9.60. The maximum absolute atomic E-state index is 11.8. The van der Waals surface area contributed by atoms with Crippen LogP contribution < -0.4 is 0 Å². The monoisotopic (exact) mass is 206 g/mol. The average Bonchev–Trinajstić information content (AvgIpc) is 2.08. The minimum absolute atomic E-state index is 0.0140. The molecule has 13 heavy (non-hydrogen) atoms. The second-order valence-electron chi connectivity index (χ2n) is 4.40. The van der Waals surface area contributed by atoms with Crippen molar-refractivity contribution in [2.45, 2.75) is 33.6 Å². The second kappa shape index (κ2) is 4.12. The number of hydrogen-bond acceptors (Lipinski definition) is 3. The Morgan fingerprint density at radius 2 is 1.85 bits per heavy atom. The van der Waals surface area contributed by atoms with Gasteiger partial charge in [-0.1, -0.05) is 27.2 Å². The first-order chi connectivity index (χ1) is 5.97. The summed E-state index contributed by atoms with van der Waals surface area (Å²) in [6.45, 7) is 7.27. The summed E-state index contributed by atoms with van der Waals surface area (Å²) in [6.07, 6.45) is 2.51. The van der Waals surface area contributed by atoms with Gasteiger partial charge in [0.05, 0.1) is 19.4 Å².